The van der Waals surface area contributed by atoms with Crippen molar-refractivity contribution in [3.8, 4) is 0 Å². The average Bonchev–Trinajstić information content (AvgIpc) is 2.75. The quantitative estimate of drug-likeness (QED) is 0.809. The Morgan fingerprint density at radius 2 is 2.06 bits per heavy atom. The maximum absolute atomic E-state index is 10.1. The summed E-state index contributed by atoms with van der Waals surface area (Å²) in [5.74, 6) is 0.246. The van der Waals surface area contributed by atoms with E-state index in [9.17, 15) is 10.2 Å². The Kier molecular flexibility index (Phi) is 4.12. The molecule has 2 N–H and O–H groups in total. The van der Waals surface area contributed by atoms with E-state index in [4.69, 9.17) is 0 Å². The fraction of sp³-hybridized carbons (Fsp3) is 0.833. The standard InChI is InChI=1S/C12H21N3O2/c1-15-8-10(13-14-15)7-11(16)12(17)9-5-3-2-4-6-9/h8-9,11-12,16-17H,2-7H2,1H3. The van der Waals surface area contributed by atoms with E-state index in [0.717, 1.165) is 18.5 Å². The van der Waals surface area contributed by atoms with Gasteiger partial charge in [0.05, 0.1) is 17.9 Å². The molecule has 0 aromatic carbocycles. The predicted octanol–water partition coefficient (Wildman–Crippen LogP) is 0.660. The van der Waals surface area contributed by atoms with Gasteiger partial charge in [-0.2, -0.15) is 0 Å². The van der Waals surface area contributed by atoms with Gasteiger partial charge >= 0.3 is 0 Å². The fourth-order valence-corrected chi connectivity index (χ4v) is 2.61. The maximum Gasteiger partial charge on any atom is 0.0858 e. The molecule has 0 amide bonds. The van der Waals surface area contributed by atoms with Gasteiger partial charge in [-0.05, 0) is 18.8 Å². The Bertz CT molecular complexity index is 347. The van der Waals surface area contributed by atoms with E-state index in [1.807, 2.05) is 0 Å². The summed E-state index contributed by atoms with van der Waals surface area (Å²) in [6.45, 7) is 0. The first-order chi connectivity index (χ1) is 8.16. The Morgan fingerprint density at radius 3 is 2.65 bits per heavy atom. The molecule has 1 aromatic rings. The van der Waals surface area contributed by atoms with Gasteiger partial charge in [-0.1, -0.05) is 24.5 Å². The minimum absolute atomic E-state index is 0.246. The Balaban J connectivity index is 1.87. The van der Waals surface area contributed by atoms with Crippen molar-refractivity contribution in [2.75, 3.05) is 0 Å². The number of hydrogen-bond acceptors (Lipinski definition) is 4. The van der Waals surface area contributed by atoms with Crippen LogP contribution in [-0.2, 0) is 13.5 Å². The monoisotopic (exact) mass is 239 g/mol. The molecule has 96 valence electrons. The molecular weight excluding hydrogens is 218 g/mol. The molecule has 1 fully saturated rings. The fourth-order valence-electron chi connectivity index (χ4n) is 2.61. The Labute approximate surface area is 101 Å². The summed E-state index contributed by atoms with van der Waals surface area (Å²) in [4.78, 5) is 0. The Morgan fingerprint density at radius 1 is 1.35 bits per heavy atom. The summed E-state index contributed by atoms with van der Waals surface area (Å²) in [6.07, 6.45) is 6.44. The highest BCUT2D eigenvalue weighted by Crippen LogP contribution is 2.28. The highest BCUT2D eigenvalue weighted by Gasteiger charge is 2.28. The summed E-state index contributed by atoms with van der Waals surface area (Å²) in [6, 6.07) is 0. The first-order valence-corrected chi connectivity index (χ1v) is 6.38. The second kappa shape index (κ2) is 5.60. The van der Waals surface area contributed by atoms with Crippen LogP contribution in [0.1, 0.15) is 37.8 Å². The largest absolute Gasteiger partial charge is 0.390 e. The molecule has 5 nitrogen and oxygen atoms in total. The number of aromatic nitrogens is 3. The lowest BCUT2D eigenvalue weighted by molar-refractivity contribution is -0.0267. The van der Waals surface area contributed by atoms with Gasteiger partial charge in [0.2, 0.25) is 0 Å². The van der Waals surface area contributed by atoms with Gasteiger partial charge in [-0.15, -0.1) is 5.10 Å². The van der Waals surface area contributed by atoms with Crippen LogP contribution in [0, 0.1) is 5.92 Å². The normalized spacial score (nSPS) is 21.4. The van der Waals surface area contributed by atoms with Gasteiger partial charge in [0.1, 0.15) is 0 Å². The lowest BCUT2D eigenvalue weighted by atomic mass is 9.82. The molecule has 0 aliphatic heterocycles. The highest BCUT2D eigenvalue weighted by atomic mass is 16.3. The molecule has 1 heterocycles. The molecule has 1 aliphatic carbocycles. The molecule has 2 rings (SSSR count). The third kappa shape index (κ3) is 3.26. The summed E-state index contributed by atoms with van der Waals surface area (Å²) in [7, 11) is 1.79. The van der Waals surface area contributed by atoms with Crippen LogP contribution in [0.25, 0.3) is 0 Å². The number of nitrogens with zero attached hydrogens (tertiary/aromatic N) is 3. The highest BCUT2D eigenvalue weighted by molar-refractivity contribution is 4.96. The molecule has 5 heteroatoms. The van der Waals surface area contributed by atoms with Crippen molar-refractivity contribution in [2.24, 2.45) is 13.0 Å². The molecule has 1 aromatic heterocycles. The Hall–Kier alpha value is -0.940. The molecule has 0 spiro atoms. The van der Waals surface area contributed by atoms with Crippen molar-refractivity contribution in [3.05, 3.63) is 11.9 Å². The molecule has 1 saturated carbocycles. The van der Waals surface area contributed by atoms with Crippen LogP contribution >= 0.6 is 0 Å². The van der Waals surface area contributed by atoms with Crippen LogP contribution in [0.15, 0.2) is 6.20 Å². The summed E-state index contributed by atoms with van der Waals surface area (Å²) >= 11 is 0. The van der Waals surface area contributed by atoms with Crippen LogP contribution in [0.5, 0.6) is 0 Å². The first kappa shape index (κ1) is 12.5. The molecule has 0 saturated heterocycles. The second-order valence-corrected chi connectivity index (χ2v) is 5.04. The number of hydrogen-bond donors (Lipinski definition) is 2. The molecule has 17 heavy (non-hydrogen) atoms. The summed E-state index contributed by atoms with van der Waals surface area (Å²) < 4.78 is 1.61. The maximum atomic E-state index is 10.1. The van der Waals surface area contributed by atoms with E-state index in [0.29, 0.717) is 6.42 Å². The summed E-state index contributed by atoms with van der Waals surface area (Å²) in [5.41, 5.74) is 0.731. The zero-order valence-corrected chi connectivity index (χ0v) is 10.3. The van der Waals surface area contributed by atoms with E-state index < -0.39 is 12.2 Å². The van der Waals surface area contributed by atoms with Crippen molar-refractivity contribution < 1.29 is 10.2 Å². The van der Waals surface area contributed by atoms with E-state index in [2.05, 4.69) is 10.3 Å². The van der Waals surface area contributed by atoms with Crippen LogP contribution < -0.4 is 0 Å². The zero-order valence-electron chi connectivity index (χ0n) is 10.3. The lowest BCUT2D eigenvalue weighted by Crippen LogP contribution is -2.36. The molecule has 2 atom stereocenters. The third-order valence-electron chi connectivity index (χ3n) is 3.60. The smallest absolute Gasteiger partial charge is 0.0858 e. The molecule has 0 radical (unpaired) electrons. The van der Waals surface area contributed by atoms with E-state index in [1.165, 1.54) is 19.3 Å². The summed E-state index contributed by atoms with van der Waals surface area (Å²) in [5, 5.41) is 27.9. The van der Waals surface area contributed by atoms with Crippen LogP contribution in [0.4, 0.5) is 0 Å². The van der Waals surface area contributed by atoms with Gasteiger partial charge in [0, 0.05) is 19.7 Å². The third-order valence-corrected chi connectivity index (χ3v) is 3.60. The van der Waals surface area contributed by atoms with Gasteiger partial charge in [0.15, 0.2) is 0 Å². The molecule has 1 aliphatic rings. The number of aliphatic hydroxyl groups excluding tert-OH is 2. The van der Waals surface area contributed by atoms with E-state index >= 15 is 0 Å². The first-order valence-electron chi connectivity index (χ1n) is 6.38. The second-order valence-electron chi connectivity index (χ2n) is 5.04. The topological polar surface area (TPSA) is 71.2 Å². The predicted molar refractivity (Wildman–Crippen MR) is 63.3 cm³/mol. The minimum atomic E-state index is -0.727. The number of aryl methyl sites for hydroxylation is 1. The zero-order chi connectivity index (χ0) is 12.3. The van der Waals surface area contributed by atoms with Gasteiger partial charge in [-0.25, -0.2) is 0 Å². The van der Waals surface area contributed by atoms with Crippen LogP contribution in [0.3, 0.4) is 0 Å². The van der Waals surface area contributed by atoms with Gasteiger partial charge in [0.25, 0.3) is 0 Å². The lowest BCUT2D eigenvalue weighted by Gasteiger charge is -2.29. The van der Waals surface area contributed by atoms with Gasteiger partial charge in [-0.3, -0.25) is 4.68 Å². The van der Waals surface area contributed by atoms with Crippen molar-refractivity contribution >= 4 is 0 Å². The SMILES string of the molecule is Cn1cc(CC(O)C(O)C2CCCCC2)nn1. The average molecular weight is 239 g/mol. The van der Waals surface area contributed by atoms with Crippen molar-refractivity contribution in [1.29, 1.82) is 0 Å². The minimum Gasteiger partial charge on any atom is -0.390 e. The van der Waals surface area contributed by atoms with Crippen molar-refractivity contribution in [1.82, 2.24) is 15.0 Å². The molecule has 0 bridgehead atoms. The van der Waals surface area contributed by atoms with Crippen LogP contribution in [-0.4, -0.2) is 37.4 Å². The van der Waals surface area contributed by atoms with E-state index in [-0.39, 0.29) is 5.92 Å². The van der Waals surface area contributed by atoms with E-state index in [1.54, 1.807) is 17.9 Å². The number of aliphatic hydroxyl groups is 2. The number of rotatable bonds is 4. The van der Waals surface area contributed by atoms with Crippen molar-refractivity contribution in [3.63, 3.8) is 0 Å². The molecule has 2 unspecified atom stereocenters. The van der Waals surface area contributed by atoms with Crippen molar-refractivity contribution in [2.45, 2.75) is 50.7 Å². The van der Waals surface area contributed by atoms with Gasteiger partial charge < -0.3 is 10.2 Å². The van der Waals surface area contributed by atoms with Crippen LogP contribution in [0.2, 0.25) is 0 Å². The molecular formula is C12H21N3O2.